The highest BCUT2D eigenvalue weighted by Crippen LogP contribution is 2.41. The molecule has 2 rings (SSSR count). The van der Waals surface area contributed by atoms with Crippen molar-refractivity contribution in [3.63, 3.8) is 0 Å². The van der Waals surface area contributed by atoms with E-state index in [4.69, 9.17) is 10.5 Å². The van der Waals surface area contributed by atoms with Crippen molar-refractivity contribution in [2.24, 2.45) is 11.1 Å². The van der Waals surface area contributed by atoms with E-state index in [0.29, 0.717) is 13.2 Å². The maximum Gasteiger partial charge on any atom is 0.0720 e. The van der Waals surface area contributed by atoms with Crippen LogP contribution in [0, 0.1) is 5.41 Å². The van der Waals surface area contributed by atoms with Gasteiger partial charge in [0.1, 0.15) is 0 Å². The highest BCUT2D eigenvalue weighted by Gasteiger charge is 2.43. The van der Waals surface area contributed by atoms with Crippen LogP contribution in [-0.4, -0.2) is 24.4 Å². The SMILES string of the molecule is Cl.NCC1(CO)CC(OCc2ccccc2)C1. The molecule has 0 aliphatic heterocycles. The van der Waals surface area contributed by atoms with Gasteiger partial charge in [0.2, 0.25) is 0 Å². The van der Waals surface area contributed by atoms with Crippen LogP contribution in [0.3, 0.4) is 0 Å². The van der Waals surface area contributed by atoms with Crippen molar-refractivity contribution in [3.8, 4) is 0 Å². The first-order chi connectivity index (χ1) is 7.78. The smallest absolute Gasteiger partial charge is 0.0720 e. The molecule has 0 amide bonds. The Kier molecular flexibility index (Phi) is 5.40. The Bertz CT molecular complexity index is 319. The topological polar surface area (TPSA) is 55.5 Å². The number of hydrogen-bond donors (Lipinski definition) is 2. The van der Waals surface area contributed by atoms with Crippen molar-refractivity contribution in [1.29, 1.82) is 0 Å². The quantitative estimate of drug-likeness (QED) is 0.845. The summed E-state index contributed by atoms with van der Waals surface area (Å²) in [5.74, 6) is 0. The molecule has 1 aromatic rings. The van der Waals surface area contributed by atoms with Gasteiger partial charge in [-0.2, -0.15) is 0 Å². The summed E-state index contributed by atoms with van der Waals surface area (Å²) in [6.45, 7) is 1.38. The summed E-state index contributed by atoms with van der Waals surface area (Å²) in [5.41, 5.74) is 6.76. The summed E-state index contributed by atoms with van der Waals surface area (Å²) < 4.78 is 5.76. The van der Waals surface area contributed by atoms with Crippen LogP contribution in [0.1, 0.15) is 18.4 Å². The van der Waals surface area contributed by atoms with E-state index < -0.39 is 0 Å². The number of aliphatic hydroxyl groups excluding tert-OH is 1. The standard InChI is InChI=1S/C13H19NO2.ClH/c14-9-13(10-15)6-12(7-13)16-8-11-4-2-1-3-5-11;/h1-5,12,15H,6-10,14H2;1H. The number of halogens is 1. The predicted molar refractivity (Wildman–Crippen MR) is 70.1 cm³/mol. The van der Waals surface area contributed by atoms with E-state index in [0.717, 1.165) is 12.8 Å². The highest BCUT2D eigenvalue weighted by atomic mass is 35.5. The molecule has 0 aromatic heterocycles. The monoisotopic (exact) mass is 257 g/mol. The molecule has 0 heterocycles. The van der Waals surface area contributed by atoms with E-state index in [2.05, 4.69) is 12.1 Å². The van der Waals surface area contributed by atoms with Gasteiger partial charge in [-0.15, -0.1) is 12.4 Å². The van der Waals surface area contributed by atoms with E-state index in [9.17, 15) is 5.11 Å². The summed E-state index contributed by atoms with van der Waals surface area (Å²) in [6, 6.07) is 10.1. The second-order valence-corrected chi connectivity index (χ2v) is 4.69. The average molecular weight is 258 g/mol. The van der Waals surface area contributed by atoms with Crippen LogP contribution < -0.4 is 5.73 Å². The molecule has 4 heteroatoms. The number of aliphatic hydroxyl groups is 1. The third kappa shape index (κ3) is 3.42. The van der Waals surface area contributed by atoms with Crippen molar-refractivity contribution in [2.75, 3.05) is 13.2 Å². The summed E-state index contributed by atoms with van der Waals surface area (Å²) in [7, 11) is 0. The minimum absolute atomic E-state index is 0. The molecule has 3 N–H and O–H groups in total. The zero-order valence-electron chi connectivity index (χ0n) is 9.84. The van der Waals surface area contributed by atoms with Crippen LogP contribution in [0.15, 0.2) is 30.3 Å². The molecular formula is C13H20ClNO2. The van der Waals surface area contributed by atoms with Gasteiger partial charge >= 0.3 is 0 Å². The van der Waals surface area contributed by atoms with E-state index in [-0.39, 0.29) is 30.5 Å². The van der Waals surface area contributed by atoms with Crippen LogP contribution in [-0.2, 0) is 11.3 Å². The first kappa shape index (κ1) is 14.5. The second kappa shape index (κ2) is 6.36. The molecule has 1 aromatic carbocycles. The lowest BCUT2D eigenvalue weighted by atomic mass is 9.67. The lowest BCUT2D eigenvalue weighted by molar-refractivity contribution is -0.103. The Hall–Kier alpha value is -0.610. The van der Waals surface area contributed by atoms with Gasteiger partial charge in [-0.25, -0.2) is 0 Å². The zero-order chi connectivity index (χ0) is 11.4. The molecule has 3 nitrogen and oxygen atoms in total. The van der Waals surface area contributed by atoms with Gasteiger partial charge in [0.25, 0.3) is 0 Å². The Balaban J connectivity index is 0.00000144. The Morgan fingerprint density at radius 2 is 1.94 bits per heavy atom. The summed E-state index contributed by atoms with van der Waals surface area (Å²) >= 11 is 0. The lowest BCUT2D eigenvalue weighted by Crippen LogP contribution is -2.49. The molecule has 1 aliphatic carbocycles. The summed E-state index contributed by atoms with van der Waals surface area (Å²) in [5, 5.41) is 9.20. The third-order valence-electron chi connectivity index (χ3n) is 3.42. The molecule has 0 saturated heterocycles. The number of hydrogen-bond acceptors (Lipinski definition) is 3. The maximum atomic E-state index is 9.20. The first-order valence-corrected chi connectivity index (χ1v) is 5.74. The average Bonchev–Trinajstić information content (AvgIpc) is 2.30. The molecule has 1 aliphatic rings. The molecule has 17 heavy (non-hydrogen) atoms. The summed E-state index contributed by atoms with van der Waals surface area (Å²) in [4.78, 5) is 0. The fourth-order valence-electron chi connectivity index (χ4n) is 2.17. The Morgan fingerprint density at radius 1 is 1.29 bits per heavy atom. The second-order valence-electron chi connectivity index (χ2n) is 4.69. The predicted octanol–water partition coefficient (Wildman–Crippen LogP) is 1.72. The van der Waals surface area contributed by atoms with Gasteiger partial charge in [0.05, 0.1) is 19.3 Å². The van der Waals surface area contributed by atoms with Crippen LogP contribution >= 0.6 is 12.4 Å². The fourth-order valence-corrected chi connectivity index (χ4v) is 2.17. The molecule has 0 atom stereocenters. The van der Waals surface area contributed by atoms with Gasteiger partial charge in [-0.3, -0.25) is 0 Å². The largest absolute Gasteiger partial charge is 0.396 e. The maximum absolute atomic E-state index is 9.20. The van der Waals surface area contributed by atoms with E-state index in [1.54, 1.807) is 0 Å². The highest BCUT2D eigenvalue weighted by molar-refractivity contribution is 5.85. The lowest BCUT2D eigenvalue weighted by Gasteiger charge is -2.45. The zero-order valence-corrected chi connectivity index (χ0v) is 10.7. The van der Waals surface area contributed by atoms with Crippen molar-refractivity contribution in [2.45, 2.75) is 25.6 Å². The van der Waals surface area contributed by atoms with Crippen LogP contribution in [0.5, 0.6) is 0 Å². The first-order valence-electron chi connectivity index (χ1n) is 5.74. The molecule has 0 radical (unpaired) electrons. The van der Waals surface area contributed by atoms with Crippen LogP contribution in [0.2, 0.25) is 0 Å². The molecule has 0 unspecified atom stereocenters. The van der Waals surface area contributed by atoms with Gasteiger partial charge < -0.3 is 15.6 Å². The number of nitrogens with two attached hydrogens (primary N) is 1. The van der Waals surface area contributed by atoms with Crippen molar-refractivity contribution < 1.29 is 9.84 Å². The minimum Gasteiger partial charge on any atom is -0.396 e. The van der Waals surface area contributed by atoms with Gasteiger partial charge in [-0.05, 0) is 18.4 Å². The number of ether oxygens (including phenoxy) is 1. The van der Waals surface area contributed by atoms with Crippen LogP contribution in [0.4, 0.5) is 0 Å². The van der Waals surface area contributed by atoms with Gasteiger partial charge in [-0.1, -0.05) is 30.3 Å². The van der Waals surface area contributed by atoms with Gasteiger partial charge in [0, 0.05) is 12.0 Å². The Labute approximate surface area is 108 Å². The molecule has 96 valence electrons. The van der Waals surface area contributed by atoms with E-state index in [1.165, 1.54) is 5.56 Å². The third-order valence-corrected chi connectivity index (χ3v) is 3.42. The molecule has 0 spiro atoms. The van der Waals surface area contributed by atoms with Crippen LogP contribution in [0.25, 0.3) is 0 Å². The normalized spacial score (nSPS) is 27.1. The Morgan fingerprint density at radius 3 is 2.47 bits per heavy atom. The van der Waals surface area contributed by atoms with Crippen molar-refractivity contribution in [3.05, 3.63) is 35.9 Å². The minimum atomic E-state index is -0.0681. The van der Waals surface area contributed by atoms with E-state index >= 15 is 0 Å². The van der Waals surface area contributed by atoms with Gasteiger partial charge in [0.15, 0.2) is 0 Å². The summed E-state index contributed by atoms with van der Waals surface area (Å²) in [6.07, 6.45) is 2.02. The number of rotatable bonds is 5. The molecule has 0 bridgehead atoms. The van der Waals surface area contributed by atoms with E-state index in [1.807, 2.05) is 18.2 Å². The number of benzene rings is 1. The van der Waals surface area contributed by atoms with Crippen molar-refractivity contribution >= 4 is 12.4 Å². The molecule has 1 saturated carbocycles. The van der Waals surface area contributed by atoms with Crippen molar-refractivity contribution in [1.82, 2.24) is 0 Å². The molecular weight excluding hydrogens is 238 g/mol. The molecule has 1 fully saturated rings. The fraction of sp³-hybridized carbons (Fsp3) is 0.538.